The van der Waals surface area contributed by atoms with Gasteiger partial charge in [0.25, 0.3) is 0 Å². The van der Waals surface area contributed by atoms with Gasteiger partial charge in [0.15, 0.2) is 0 Å². The molecule has 0 saturated carbocycles. The number of hydrogen-bond acceptors (Lipinski definition) is 5. The highest BCUT2D eigenvalue weighted by Crippen LogP contribution is 2.11. The van der Waals surface area contributed by atoms with Gasteiger partial charge in [-0.1, -0.05) is 58.0 Å². The van der Waals surface area contributed by atoms with Crippen molar-refractivity contribution < 1.29 is 24.3 Å². The van der Waals surface area contributed by atoms with E-state index in [0.29, 0.717) is 12.8 Å². The molecule has 5 N–H and O–H groups in total. The van der Waals surface area contributed by atoms with Crippen LogP contribution in [0.15, 0.2) is 30.3 Å². The Labute approximate surface area is 201 Å². The monoisotopic (exact) mass is 474 g/mol. The lowest BCUT2D eigenvalue weighted by Crippen LogP contribution is -2.58. The van der Waals surface area contributed by atoms with Gasteiger partial charge in [0.1, 0.15) is 18.1 Å². The number of nitrogens with one attached hydrogen (secondary N) is 4. The summed E-state index contributed by atoms with van der Waals surface area (Å²) in [4.78, 5) is 50.6. The van der Waals surface area contributed by atoms with E-state index < -0.39 is 35.9 Å². The zero-order valence-electron chi connectivity index (χ0n) is 20.5. The number of benzene rings is 1. The van der Waals surface area contributed by atoms with Crippen LogP contribution in [0.5, 0.6) is 0 Å². The van der Waals surface area contributed by atoms with Crippen LogP contribution in [0.25, 0.3) is 0 Å². The third-order valence-electron chi connectivity index (χ3n) is 5.86. The van der Waals surface area contributed by atoms with Crippen LogP contribution < -0.4 is 21.3 Å². The molecule has 1 aliphatic heterocycles. The van der Waals surface area contributed by atoms with Crippen molar-refractivity contribution in [3.05, 3.63) is 35.9 Å². The molecular formula is C25H38N4O5. The van der Waals surface area contributed by atoms with Crippen LogP contribution in [0.4, 0.5) is 0 Å². The lowest BCUT2D eigenvalue weighted by atomic mass is 9.99. The van der Waals surface area contributed by atoms with Crippen molar-refractivity contribution in [2.45, 2.75) is 77.5 Å². The Bertz CT molecular complexity index is 837. The molecule has 34 heavy (non-hydrogen) atoms. The van der Waals surface area contributed by atoms with Crippen LogP contribution in [0.3, 0.4) is 0 Å². The second kappa shape index (κ2) is 13.1. The predicted molar refractivity (Wildman–Crippen MR) is 129 cm³/mol. The summed E-state index contributed by atoms with van der Waals surface area (Å²) in [5.74, 6) is -2.65. The van der Waals surface area contributed by atoms with Gasteiger partial charge < -0.3 is 26.4 Å². The van der Waals surface area contributed by atoms with Crippen molar-refractivity contribution in [3.63, 3.8) is 0 Å². The SMILES string of the molecule is CC(C)CC(NC(=O)C(Cc1ccccc1)NC(=O)C1CCCN1)C(=O)NC(C(=O)O)C(C)C. The van der Waals surface area contributed by atoms with Gasteiger partial charge in [-0.2, -0.15) is 0 Å². The first-order valence-corrected chi connectivity index (χ1v) is 12.0. The van der Waals surface area contributed by atoms with Gasteiger partial charge in [0.05, 0.1) is 6.04 Å². The van der Waals surface area contributed by atoms with Crippen molar-refractivity contribution in [2.24, 2.45) is 11.8 Å². The molecular weight excluding hydrogens is 436 g/mol. The number of carboxylic acids is 1. The highest BCUT2D eigenvalue weighted by atomic mass is 16.4. The largest absolute Gasteiger partial charge is 0.480 e. The normalized spacial score (nSPS) is 18.2. The summed E-state index contributed by atoms with van der Waals surface area (Å²) >= 11 is 0. The molecule has 4 atom stereocenters. The van der Waals surface area contributed by atoms with E-state index >= 15 is 0 Å². The Morgan fingerprint density at radius 1 is 0.971 bits per heavy atom. The van der Waals surface area contributed by atoms with Gasteiger partial charge in [-0.05, 0) is 43.2 Å². The molecule has 4 unspecified atom stereocenters. The number of carbonyl (C=O) groups excluding carboxylic acids is 3. The van der Waals surface area contributed by atoms with Gasteiger partial charge in [-0.25, -0.2) is 4.79 Å². The molecule has 0 radical (unpaired) electrons. The fraction of sp³-hybridized carbons (Fsp3) is 0.600. The lowest BCUT2D eigenvalue weighted by molar-refractivity contribution is -0.143. The smallest absolute Gasteiger partial charge is 0.326 e. The third-order valence-corrected chi connectivity index (χ3v) is 5.86. The Kier molecular flexibility index (Phi) is 10.5. The van der Waals surface area contributed by atoms with Crippen LogP contribution in [-0.2, 0) is 25.6 Å². The molecule has 0 aliphatic carbocycles. The van der Waals surface area contributed by atoms with Crippen LogP contribution in [-0.4, -0.2) is 59.5 Å². The minimum atomic E-state index is -1.13. The summed E-state index contributed by atoms with van der Waals surface area (Å²) < 4.78 is 0. The number of rotatable bonds is 12. The molecule has 188 valence electrons. The first-order valence-electron chi connectivity index (χ1n) is 12.0. The molecule has 3 amide bonds. The van der Waals surface area contributed by atoms with Crippen molar-refractivity contribution in [3.8, 4) is 0 Å². The molecule has 0 aromatic heterocycles. The van der Waals surface area contributed by atoms with Gasteiger partial charge in [0.2, 0.25) is 17.7 Å². The Morgan fingerprint density at radius 2 is 1.62 bits per heavy atom. The minimum absolute atomic E-state index is 0.0724. The molecule has 1 saturated heterocycles. The Morgan fingerprint density at radius 3 is 2.15 bits per heavy atom. The second-order valence-electron chi connectivity index (χ2n) is 9.66. The predicted octanol–water partition coefficient (Wildman–Crippen LogP) is 1.22. The van der Waals surface area contributed by atoms with E-state index in [0.717, 1.165) is 18.5 Å². The van der Waals surface area contributed by atoms with Crippen LogP contribution >= 0.6 is 0 Å². The van der Waals surface area contributed by atoms with Gasteiger partial charge >= 0.3 is 5.97 Å². The van der Waals surface area contributed by atoms with Crippen molar-refractivity contribution in [1.29, 1.82) is 0 Å². The quantitative estimate of drug-likeness (QED) is 0.309. The van der Waals surface area contributed by atoms with Gasteiger partial charge in [-0.15, -0.1) is 0 Å². The molecule has 0 bridgehead atoms. The van der Waals surface area contributed by atoms with E-state index in [1.165, 1.54) is 0 Å². The molecule has 2 rings (SSSR count). The summed E-state index contributed by atoms with van der Waals surface area (Å²) in [6.07, 6.45) is 2.20. The third kappa shape index (κ3) is 8.44. The van der Waals surface area contributed by atoms with Crippen molar-refractivity contribution in [1.82, 2.24) is 21.3 Å². The zero-order chi connectivity index (χ0) is 25.3. The van der Waals surface area contributed by atoms with Crippen molar-refractivity contribution in [2.75, 3.05) is 6.54 Å². The van der Waals surface area contributed by atoms with Crippen LogP contribution in [0, 0.1) is 11.8 Å². The zero-order valence-corrected chi connectivity index (χ0v) is 20.5. The standard InChI is InChI=1S/C25H38N4O5/c1-15(2)13-19(24(32)29-21(16(3)4)25(33)34)27-23(31)20(14-17-9-6-5-7-10-17)28-22(30)18-11-8-12-26-18/h5-7,9-10,15-16,18-21,26H,8,11-14H2,1-4H3,(H,27,31)(H,28,30)(H,29,32)(H,33,34). The van der Waals surface area contributed by atoms with Crippen LogP contribution in [0.1, 0.15) is 52.5 Å². The fourth-order valence-electron chi connectivity index (χ4n) is 3.98. The van der Waals surface area contributed by atoms with E-state index in [9.17, 15) is 24.3 Å². The van der Waals surface area contributed by atoms with E-state index in [1.807, 2.05) is 44.2 Å². The first-order chi connectivity index (χ1) is 16.1. The second-order valence-corrected chi connectivity index (χ2v) is 9.66. The van der Waals surface area contributed by atoms with Gasteiger partial charge in [0, 0.05) is 6.42 Å². The van der Waals surface area contributed by atoms with E-state index in [1.54, 1.807) is 13.8 Å². The minimum Gasteiger partial charge on any atom is -0.480 e. The molecule has 1 aromatic carbocycles. The fourth-order valence-corrected chi connectivity index (χ4v) is 3.98. The van der Waals surface area contributed by atoms with E-state index in [-0.39, 0.29) is 30.2 Å². The molecule has 0 spiro atoms. The molecule has 1 fully saturated rings. The topological polar surface area (TPSA) is 137 Å². The highest BCUT2D eigenvalue weighted by Gasteiger charge is 2.32. The van der Waals surface area contributed by atoms with Crippen LogP contribution in [0.2, 0.25) is 0 Å². The summed E-state index contributed by atoms with van der Waals surface area (Å²) in [5.41, 5.74) is 0.873. The molecule has 9 heteroatoms. The molecule has 1 heterocycles. The maximum absolute atomic E-state index is 13.3. The summed E-state index contributed by atoms with van der Waals surface area (Å²) in [6.45, 7) is 8.00. The maximum atomic E-state index is 13.3. The molecule has 1 aliphatic rings. The highest BCUT2D eigenvalue weighted by molar-refractivity contribution is 5.94. The lowest BCUT2D eigenvalue weighted by Gasteiger charge is -2.27. The number of hydrogen-bond donors (Lipinski definition) is 5. The molecule has 9 nitrogen and oxygen atoms in total. The Hall–Kier alpha value is -2.94. The first kappa shape index (κ1) is 27.3. The van der Waals surface area contributed by atoms with Gasteiger partial charge in [-0.3, -0.25) is 14.4 Å². The number of carbonyl (C=O) groups is 4. The maximum Gasteiger partial charge on any atom is 0.326 e. The van der Waals surface area contributed by atoms with E-state index in [2.05, 4.69) is 21.3 Å². The number of amides is 3. The average molecular weight is 475 g/mol. The summed E-state index contributed by atoms with van der Waals surface area (Å²) in [7, 11) is 0. The molecule has 1 aromatic rings. The number of carboxylic acid groups (broad SMARTS) is 1. The van der Waals surface area contributed by atoms with E-state index in [4.69, 9.17) is 0 Å². The van der Waals surface area contributed by atoms with Crippen molar-refractivity contribution >= 4 is 23.7 Å². The Balaban J connectivity index is 2.18. The summed E-state index contributed by atoms with van der Waals surface area (Å²) in [6, 6.07) is 6.13. The average Bonchev–Trinajstić information content (AvgIpc) is 3.31. The summed E-state index contributed by atoms with van der Waals surface area (Å²) in [5, 5.41) is 20.7. The number of aliphatic carboxylic acids is 1.